The van der Waals surface area contributed by atoms with Gasteiger partial charge in [0.25, 0.3) is 5.91 Å². The molecule has 1 aromatic heterocycles. The second-order valence-electron chi connectivity index (χ2n) is 14.5. The first-order chi connectivity index (χ1) is 23.6. The summed E-state index contributed by atoms with van der Waals surface area (Å²) in [6, 6.07) is 2.88. The van der Waals surface area contributed by atoms with Crippen molar-refractivity contribution in [3.8, 4) is 11.6 Å². The summed E-state index contributed by atoms with van der Waals surface area (Å²) in [5.74, 6) is -2.13. The van der Waals surface area contributed by atoms with Crippen molar-refractivity contribution >= 4 is 44.9 Å². The molecule has 7 atom stereocenters. The lowest BCUT2D eigenvalue weighted by Gasteiger charge is -2.32. The van der Waals surface area contributed by atoms with Gasteiger partial charge in [-0.3, -0.25) is 19.1 Å². The van der Waals surface area contributed by atoms with Crippen LogP contribution >= 0.6 is 0 Å². The van der Waals surface area contributed by atoms with Gasteiger partial charge in [-0.15, -0.1) is 0 Å². The van der Waals surface area contributed by atoms with E-state index in [-0.39, 0.29) is 31.2 Å². The molecule has 2 saturated carbocycles. The van der Waals surface area contributed by atoms with Crippen LogP contribution in [-0.2, 0) is 24.4 Å². The van der Waals surface area contributed by atoms with Gasteiger partial charge in [-0.2, -0.15) is 0 Å². The van der Waals surface area contributed by atoms with Gasteiger partial charge in [0, 0.05) is 18.4 Å². The van der Waals surface area contributed by atoms with E-state index in [2.05, 4.69) is 25.3 Å². The number of sulfonamides is 1. The van der Waals surface area contributed by atoms with Crippen LogP contribution in [0.25, 0.3) is 11.0 Å². The van der Waals surface area contributed by atoms with Crippen LogP contribution in [0.3, 0.4) is 0 Å². The lowest BCUT2D eigenvalue weighted by Crippen LogP contribution is -2.59. The molecule has 3 heterocycles. The van der Waals surface area contributed by atoms with Crippen LogP contribution in [-0.4, -0.2) is 94.3 Å². The first-order valence-electron chi connectivity index (χ1n) is 17.0. The first kappa shape index (κ1) is 35.4. The Balaban J connectivity index is 1.32. The van der Waals surface area contributed by atoms with Gasteiger partial charge in [0.15, 0.2) is 0 Å². The lowest BCUT2D eigenvalue weighted by molar-refractivity contribution is -0.142. The number of nitrogens with one attached hydrogen (secondary N) is 3. The number of fused-ring (bicyclic) bond motifs is 3. The number of carbonyl (C=O) groups excluding carboxylic acids is 3. The van der Waals surface area contributed by atoms with Gasteiger partial charge in [0.1, 0.15) is 29.5 Å². The van der Waals surface area contributed by atoms with Crippen LogP contribution in [0.5, 0.6) is 11.6 Å². The van der Waals surface area contributed by atoms with Crippen LogP contribution in [0.15, 0.2) is 36.5 Å². The lowest BCUT2D eigenvalue weighted by atomic mass is 9.88. The minimum atomic E-state index is -4.00. The Kier molecular flexibility index (Phi) is 9.43. The predicted octanol–water partition coefficient (Wildman–Crippen LogP) is 2.51. The van der Waals surface area contributed by atoms with Crippen molar-refractivity contribution in [3.05, 3.63) is 36.5 Å². The van der Waals surface area contributed by atoms with E-state index in [4.69, 9.17) is 9.47 Å². The third-order valence-electron chi connectivity index (χ3n) is 10.5. The molecule has 16 heteroatoms. The normalized spacial score (nSPS) is 31.6. The molecule has 0 radical (unpaired) electrons. The number of allylic oxidation sites excluding steroid dienone is 1. The van der Waals surface area contributed by atoms with Gasteiger partial charge in [-0.1, -0.05) is 26.0 Å². The Morgan fingerprint density at radius 2 is 1.90 bits per heavy atom. The number of benzene rings is 1. The molecule has 15 nitrogen and oxygen atoms in total. The van der Waals surface area contributed by atoms with Crippen molar-refractivity contribution in [2.75, 3.05) is 13.7 Å². The Hall–Kier alpha value is -4.47. The highest BCUT2D eigenvalue weighted by molar-refractivity contribution is 7.91. The van der Waals surface area contributed by atoms with Crippen LogP contribution < -0.4 is 24.8 Å². The summed E-state index contributed by atoms with van der Waals surface area (Å²) in [7, 11) is -2.46. The van der Waals surface area contributed by atoms with Crippen molar-refractivity contribution in [2.24, 2.45) is 17.8 Å². The fraction of sp³-hybridized carbons (Fsp3) is 0.588. The maximum absolute atomic E-state index is 14.3. The summed E-state index contributed by atoms with van der Waals surface area (Å²) in [4.78, 5) is 64.4. The zero-order valence-electron chi connectivity index (χ0n) is 28.5. The van der Waals surface area contributed by atoms with Crippen LogP contribution in [0, 0.1) is 17.8 Å². The van der Waals surface area contributed by atoms with Crippen molar-refractivity contribution in [2.45, 2.75) is 94.2 Å². The molecule has 270 valence electrons. The van der Waals surface area contributed by atoms with Crippen LogP contribution in [0.4, 0.5) is 4.79 Å². The molecule has 6 rings (SSSR count). The van der Waals surface area contributed by atoms with Gasteiger partial charge in [-0.05, 0) is 69.4 Å². The van der Waals surface area contributed by atoms with Crippen LogP contribution in [0.1, 0.15) is 65.7 Å². The van der Waals surface area contributed by atoms with Crippen molar-refractivity contribution < 1.29 is 42.2 Å². The predicted molar refractivity (Wildman–Crippen MR) is 181 cm³/mol. The molecule has 50 heavy (non-hydrogen) atoms. The van der Waals surface area contributed by atoms with E-state index in [1.807, 2.05) is 19.1 Å². The van der Waals surface area contributed by atoms with Gasteiger partial charge in [0.2, 0.25) is 27.7 Å². The molecule has 2 aliphatic carbocycles. The zero-order chi connectivity index (χ0) is 36.0. The molecule has 2 aliphatic heterocycles. The number of methoxy groups -OCH3 is 1. The largest absolute Gasteiger partial charge is 0.497 e. The monoisotopic (exact) mass is 712 g/mol. The fourth-order valence-electron chi connectivity index (χ4n) is 7.06. The maximum Gasteiger partial charge on any atom is 0.405 e. The third kappa shape index (κ3) is 7.07. The summed E-state index contributed by atoms with van der Waals surface area (Å²) >= 11 is 0. The third-order valence-corrected chi connectivity index (χ3v) is 12.7. The molecular weight excluding hydrogens is 668 g/mol. The van der Waals surface area contributed by atoms with Crippen molar-refractivity contribution in [3.63, 3.8) is 0 Å². The van der Waals surface area contributed by atoms with Gasteiger partial charge < -0.3 is 30.1 Å². The van der Waals surface area contributed by atoms with Crippen molar-refractivity contribution in [1.82, 2.24) is 30.2 Å². The fourth-order valence-corrected chi connectivity index (χ4v) is 8.37. The summed E-state index contributed by atoms with van der Waals surface area (Å²) in [6.45, 7) is 5.32. The summed E-state index contributed by atoms with van der Waals surface area (Å²) in [5.41, 5.74) is -0.430. The number of carboxylic acid groups (broad SMARTS) is 1. The molecule has 0 spiro atoms. The molecule has 1 aromatic carbocycles. The SMILES string of the molecule is COc1ccc2ncc(O[C@@H]3C[C@H]4C(=O)N[C@]5(C(=O)NS(=O)(=O)C6(C)CC6)C[C@H]5/C=C\CC[C@@H](C)C[C@@H](C)[C@H](NC(=O)O)C(=O)N4C3)nc2c1. The number of ether oxygens (including phenoxy) is 2. The minimum absolute atomic E-state index is 0.00541. The van der Waals surface area contributed by atoms with Gasteiger partial charge >= 0.3 is 6.09 Å². The Morgan fingerprint density at radius 1 is 1.14 bits per heavy atom. The highest BCUT2D eigenvalue weighted by Gasteiger charge is 2.63. The topological polar surface area (TPSA) is 206 Å². The van der Waals surface area contributed by atoms with Gasteiger partial charge in [0.05, 0.1) is 35.6 Å². The average Bonchev–Trinajstić information content (AvgIpc) is 3.94. The Morgan fingerprint density at radius 3 is 2.60 bits per heavy atom. The highest BCUT2D eigenvalue weighted by atomic mass is 32.2. The molecule has 4 amide bonds. The number of rotatable bonds is 7. The summed E-state index contributed by atoms with van der Waals surface area (Å²) in [5, 5.41) is 14.9. The van der Waals surface area contributed by atoms with E-state index in [1.165, 1.54) is 18.2 Å². The highest BCUT2D eigenvalue weighted by Crippen LogP contribution is 2.47. The number of amides is 4. The number of hydrogen-bond donors (Lipinski definition) is 4. The second-order valence-corrected chi connectivity index (χ2v) is 16.6. The number of nitrogens with zero attached hydrogens (tertiary/aromatic N) is 3. The smallest absolute Gasteiger partial charge is 0.405 e. The van der Waals surface area contributed by atoms with E-state index in [0.29, 0.717) is 42.5 Å². The zero-order valence-corrected chi connectivity index (χ0v) is 29.4. The average molecular weight is 713 g/mol. The summed E-state index contributed by atoms with van der Waals surface area (Å²) < 4.78 is 38.8. The van der Waals surface area contributed by atoms with Crippen LogP contribution in [0.2, 0.25) is 0 Å². The number of hydrogen-bond acceptors (Lipinski definition) is 10. The maximum atomic E-state index is 14.3. The molecule has 4 aliphatic rings. The number of aromatic nitrogens is 2. The Bertz CT molecular complexity index is 1830. The standard InChI is InChI=1S/C34H44N6O9S/c1-19-7-5-6-8-21-16-34(21,31(43)39-50(46,47)33(3)11-12-33)38-29(41)26-15-23(18-40(26)30(42)28(20(2)13-19)37-32(44)45)49-27-17-35-24-10-9-22(48-4)14-25(24)36-27/h6,8-10,14,17,19-21,23,26,28,37H,5,7,11-13,15-16,18H2,1-4H3,(H,38,41)(H,39,43)(H,44,45)/b8-6-/t19-,20-,21-,23-,26+,28+,34-/m1/s1. The number of carbonyl (C=O) groups is 4. The molecule has 2 aromatic rings. The van der Waals surface area contributed by atoms with E-state index in [1.54, 1.807) is 32.0 Å². The van der Waals surface area contributed by atoms with Gasteiger partial charge in [-0.25, -0.2) is 23.2 Å². The van der Waals surface area contributed by atoms with E-state index in [9.17, 15) is 32.7 Å². The molecule has 0 bridgehead atoms. The second kappa shape index (κ2) is 13.3. The summed E-state index contributed by atoms with van der Waals surface area (Å²) in [6.07, 6.45) is 6.03. The molecule has 0 unspecified atom stereocenters. The molecule has 4 N–H and O–H groups in total. The minimum Gasteiger partial charge on any atom is -0.497 e. The first-order valence-corrected chi connectivity index (χ1v) is 18.5. The quantitative estimate of drug-likeness (QED) is 0.307. The van der Waals surface area contributed by atoms with E-state index in [0.717, 1.165) is 6.42 Å². The van der Waals surface area contributed by atoms with Crippen molar-refractivity contribution in [1.29, 1.82) is 0 Å². The molecule has 1 saturated heterocycles. The molecular formula is C34H44N6O9S. The van der Waals surface area contributed by atoms with E-state index >= 15 is 0 Å². The molecule has 3 fully saturated rings. The Labute approximate surface area is 290 Å². The van der Waals surface area contributed by atoms with E-state index < -0.39 is 74.1 Å².